The molecule has 1 aliphatic carbocycles. The van der Waals surface area contributed by atoms with Crippen molar-refractivity contribution >= 4 is 21.4 Å². The van der Waals surface area contributed by atoms with Crippen molar-refractivity contribution in [2.24, 2.45) is 0 Å². The van der Waals surface area contributed by atoms with Gasteiger partial charge in [-0.2, -0.15) is 4.98 Å². The molecule has 0 N–H and O–H groups in total. The van der Waals surface area contributed by atoms with E-state index in [1.54, 1.807) is 4.90 Å². The van der Waals surface area contributed by atoms with Crippen molar-refractivity contribution in [1.82, 2.24) is 10.1 Å². The van der Waals surface area contributed by atoms with Gasteiger partial charge in [-0.1, -0.05) is 17.3 Å². The Balaban J connectivity index is 1.58. The van der Waals surface area contributed by atoms with E-state index in [2.05, 4.69) is 10.1 Å². The number of hydrogen-bond donors (Lipinski definition) is 0. The Bertz CT molecular complexity index is 980. The second-order valence-corrected chi connectivity index (χ2v) is 9.35. The molecule has 1 saturated heterocycles. The highest BCUT2D eigenvalue weighted by atomic mass is 32.2. The van der Waals surface area contributed by atoms with Crippen molar-refractivity contribution in [2.75, 3.05) is 24.3 Å². The minimum Gasteiger partial charge on any atom is -0.492 e. The largest absolute Gasteiger partial charge is 0.492 e. The number of hydrogen-bond acceptors (Lipinski definition) is 7. The molecule has 1 saturated carbocycles. The molecule has 2 heterocycles. The van der Waals surface area contributed by atoms with E-state index in [4.69, 9.17) is 9.26 Å². The van der Waals surface area contributed by atoms with E-state index in [1.165, 1.54) is 6.26 Å². The Morgan fingerprint density at radius 3 is 2.74 bits per heavy atom. The molecule has 144 valence electrons. The maximum absolute atomic E-state index is 12.6. The molecular formula is C18H21N3O5S. The number of carbonyl (C=O) groups is 1. The van der Waals surface area contributed by atoms with Gasteiger partial charge in [0.25, 0.3) is 0 Å². The van der Waals surface area contributed by atoms with Crippen molar-refractivity contribution in [3.05, 3.63) is 36.0 Å². The van der Waals surface area contributed by atoms with Gasteiger partial charge in [-0.05, 0) is 31.9 Å². The van der Waals surface area contributed by atoms with Crippen LogP contribution in [0.1, 0.15) is 43.8 Å². The number of carbonyl (C=O) groups excluding carboxylic acids is 1. The van der Waals surface area contributed by atoms with Crippen LogP contribution in [0.5, 0.6) is 5.75 Å². The van der Waals surface area contributed by atoms with E-state index in [1.807, 2.05) is 31.2 Å². The molecule has 1 aromatic carbocycles. The number of para-hydroxylation sites is 2. The lowest BCUT2D eigenvalue weighted by molar-refractivity contribution is -0.117. The highest BCUT2D eigenvalue weighted by Gasteiger charge is 2.57. The van der Waals surface area contributed by atoms with Crippen molar-refractivity contribution in [3.8, 4) is 5.75 Å². The van der Waals surface area contributed by atoms with Crippen LogP contribution in [0.2, 0.25) is 0 Å². The number of aromatic nitrogens is 2. The Labute approximate surface area is 157 Å². The van der Waals surface area contributed by atoms with Gasteiger partial charge in [0.15, 0.2) is 15.7 Å². The number of benzene rings is 1. The lowest BCUT2D eigenvalue weighted by Gasteiger charge is -2.19. The summed E-state index contributed by atoms with van der Waals surface area (Å²) in [5.41, 5.74) is 0.710. The third kappa shape index (κ3) is 2.99. The van der Waals surface area contributed by atoms with Crippen LogP contribution < -0.4 is 9.64 Å². The van der Waals surface area contributed by atoms with Gasteiger partial charge in [-0.3, -0.25) is 4.79 Å². The van der Waals surface area contributed by atoms with Gasteiger partial charge < -0.3 is 14.2 Å². The molecule has 2 aromatic rings. The van der Waals surface area contributed by atoms with E-state index in [-0.39, 0.29) is 24.1 Å². The molecule has 1 unspecified atom stereocenters. The SMILES string of the molecule is CCOc1ccccc1N1CC(c2nc(C3(S(C)(=O)=O)CC3)no2)CC1=O. The Morgan fingerprint density at radius 2 is 2.07 bits per heavy atom. The second-order valence-electron chi connectivity index (χ2n) is 7.03. The van der Waals surface area contributed by atoms with Gasteiger partial charge in [-0.15, -0.1) is 0 Å². The van der Waals surface area contributed by atoms with E-state index in [0.29, 0.717) is 43.3 Å². The predicted octanol–water partition coefficient (Wildman–Crippen LogP) is 2.02. The van der Waals surface area contributed by atoms with Crippen LogP contribution >= 0.6 is 0 Å². The molecule has 1 aliphatic heterocycles. The monoisotopic (exact) mass is 391 g/mol. The predicted molar refractivity (Wildman–Crippen MR) is 97.4 cm³/mol. The highest BCUT2D eigenvalue weighted by Crippen LogP contribution is 2.51. The molecule has 1 aromatic heterocycles. The number of amides is 1. The molecule has 0 radical (unpaired) electrons. The van der Waals surface area contributed by atoms with Crippen LogP contribution in [0.15, 0.2) is 28.8 Å². The van der Waals surface area contributed by atoms with Crippen molar-refractivity contribution in [1.29, 1.82) is 0 Å². The van der Waals surface area contributed by atoms with Crippen LogP contribution in [0.4, 0.5) is 5.69 Å². The number of ether oxygens (including phenoxy) is 1. The standard InChI is InChI=1S/C18H21N3O5S/c1-3-25-14-7-5-4-6-13(14)21-11-12(10-15(21)22)16-19-17(20-26-16)18(8-9-18)27(2,23)24/h4-7,12H,3,8-11H2,1-2H3. The highest BCUT2D eigenvalue weighted by molar-refractivity contribution is 7.91. The molecule has 1 atom stereocenters. The molecule has 1 amide bonds. The van der Waals surface area contributed by atoms with Crippen LogP contribution in [-0.4, -0.2) is 43.9 Å². The first kappa shape index (κ1) is 18.0. The summed E-state index contributed by atoms with van der Waals surface area (Å²) in [6.45, 7) is 2.78. The number of nitrogens with zero attached hydrogens (tertiary/aromatic N) is 3. The van der Waals surface area contributed by atoms with Gasteiger partial charge in [-0.25, -0.2) is 8.42 Å². The summed E-state index contributed by atoms with van der Waals surface area (Å²) in [7, 11) is -3.31. The number of rotatable bonds is 6. The van der Waals surface area contributed by atoms with E-state index < -0.39 is 14.6 Å². The van der Waals surface area contributed by atoms with E-state index >= 15 is 0 Å². The van der Waals surface area contributed by atoms with E-state index in [9.17, 15) is 13.2 Å². The molecule has 9 heteroatoms. The number of anilines is 1. The van der Waals surface area contributed by atoms with Crippen LogP contribution in [0.25, 0.3) is 0 Å². The summed E-state index contributed by atoms with van der Waals surface area (Å²) in [5.74, 6) is 0.833. The summed E-state index contributed by atoms with van der Waals surface area (Å²) < 4.78 is 34.0. The Kier molecular flexibility index (Phi) is 4.21. The quantitative estimate of drug-likeness (QED) is 0.742. The summed E-state index contributed by atoms with van der Waals surface area (Å²) in [5, 5.41) is 3.91. The van der Waals surface area contributed by atoms with Gasteiger partial charge in [0.2, 0.25) is 11.8 Å². The minimum atomic E-state index is -3.31. The van der Waals surface area contributed by atoms with Crippen LogP contribution in [0.3, 0.4) is 0 Å². The fourth-order valence-corrected chi connectivity index (χ4v) is 4.78. The summed E-state index contributed by atoms with van der Waals surface area (Å²) >= 11 is 0. The van der Waals surface area contributed by atoms with E-state index in [0.717, 1.165) is 0 Å². The first-order chi connectivity index (χ1) is 12.9. The molecule has 0 spiro atoms. The van der Waals surface area contributed by atoms with Crippen molar-refractivity contribution in [2.45, 2.75) is 36.9 Å². The topological polar surface area (TPSA) is 103 Å². The fraction of sp³-hybridized carbons (Fsp3) is 0.500. The maximum Gasteiger partial charge on any atom is 0.232 e. The van der Waals surface area contributed by atoms with Crippen LogP contribution in [0, 0.1) is 0 Å². The first-order valence-electron chi connectivity index (χ1n) is 8.91. The molecule has 0 bridgehead atoms. The summed E-state index contributed by atoms with van der Waals surface area (Å²) in [6, 6.07) is 7.38. The lowest BCUT2D eigenvalue weighted by Crippen LogP contribution is -2.25. The van der Waals surface area contributed by atoms with Crippen LogP contribution in [-0.2, 0) is 19.4 Å². The Hall–Kier alpha value is -2.42. The zero-order valence-electron chi connectivity index (χ0n) is 15.2. The molecule has 2 aliphatic rings. The molecule has 2 fully saturated rings. The third-order valence-electron chi connectivity index (χ3n) is 5.19. The smallest absolute Gasteiger partial charge is 0.232 e. The zero-order chi connectivity index (χ0) is 19.2. The fourth-order valence-electron chi connectivity index (χ4n) is 3.52. The summed E-state index contributed by atoms with van der Waals surface area (Å²) in [6.07, 6.45) is 2.43. The van der Waals surface area contributed by atoms with Crippen molar-refractivity contribution < 1.29 is 22.5 Å². The minimum absolute atomic E-state index is 0.0591. The summed E-state index contributed by atoms with van der Waals surface area (Å²) in [4.78, 5) is 18.6. The normalized spacial score (nSPS) is 21.5. The van der Waals surface area contributed by atoms with Gasteiger partial charge in [0, 0.05) is 19.2 Å². The molecule has 27 heavy (non-hydrogen) atoms. The average molecular weight is 391 g/mol. The lowest BCUT2D eigenvalue weighted by atomic mass is 10.1. The molecule has 4 rings (SSSR count). The second kappa shape index (κ2) is 6.33. The maximum atomic E-state index is 12.6. The van der Waals surface area contributed by atoms with Gasteiger partial charge in [0.1, 0.15) is 10.5 Å². The molecular weight excluding hydrogens is 370 g/mol. The first-order valence-corrected chi connectivity index (χ1v) is 10.8. The third-order valence-corrected chi connectivity index (χ3v) is 7.20. The zero-order valence-corrected chi connectivity index (χ0v) is 16.0. The average Bonchev–Trinajstić information content (AvgIpc) is 3.15. The number of sulfone groups is 1. The van der Waals surface area contributed by atoms with Crippen molar-refractivity contribution in [3.63, 3.8) is 0 Å². The van der Waals surface area contributed by atoms with Gasteiger partial charge >= 0.3 is 0 Å². The Morgan fingerprint density at radius 1 is 1.33 bits per heavy atom. The molecule has 8 nitrogen and oxygen atoms in total. The van der Waals surface area contributed by atoms with Gasteiger partial charge in [0.05, 0.1) is 18.2 Å².